The van der Waals surface area contributed by atoms with Gasteiger partial charge in [0.1, 0.15) is 5.82 Å². The molecular weight excluding hydrogens is 417 g/mol. The third-order valence-electron chi connectivity index (χ3n) is 7.76. The van der Waals surface area contributed by atoms with Crippen molar-refractivity contribution in [1.82, 2.24) is 0 Å². The molecule has 1 aliphatic rings. The molecule has 0 aromatic heterocycles. The van der Waals surface area contributed by atoms with E-state index in [0.717, 1.165) is 40.6 Å². The van der Waals surface area contributed by atoms with Gasteiger partial charge in [-0.25, -0.2) is 4.39 Å². The van der Waals surface area contributed by atoms with Crippen LogP contribution in [-0.2, 0) is 6.42 Å². The molecule has 3 aromatic rings. The van der Waals surface area contributed by atoms with Crippen LogP contribution in [0.4, 0.5) is 10.1 Å². The van der Waals surface area contributed by atoms with Gasteiger partial charge in [0.2, 0.25) is 0 Å². The Hall–Kier alpha value is -2.61. The highest BCUT2D eigenvalue weighted by Crippen LogP contribution is 2.34. The topological polar surface area (TPSA) is 12.0 Å². The number of halogens is 1. The highest BCUT2D eigenvalue weighted by Gasteiger charge is 2.20. The van der Waals surface area contributed by atoms with Crippen LogP contribution in [0.3, 0.4) is 0 Å². The minimum Gasteiger partial charge on any atom is -0.388 e. The number of unbranched alkanes of at least 4 members (excludes halogenated alkanes) is 2. The van der Waals surface area contributed by atoms with Gasteiger partial charge >= 0.3 is 0 Å². The molecule has 1 nitrogen and oxygen atoms in total. The number of hydrogen-bond acceptors (Lipinski definition) is 1. The first kappa shape index (κ1) is 24.5. The Morgan fingerprint density at radius 1 is 0.735 bits per heavy atom. The largest absolute Gasteiger partial charge is 0.388 e. The third-order valence-corrected chi connectivity index (χ3v) is 7.76. The fraction of sp³-hybridized carbons (Fsp3) is 0.438. The predicted molar refractivity (Wildman–Crippen MR) is 145 cm³/mol. The first-order valence-corrected chi connectivity index (χ1v) is 13.3. The quantitative estimate of drug-likeness (QED) is 0.299. The highest BCUT2D eigenvalue weighted by atomic mass is 19.1. The molecule has 0 bridgehead atoms. The zero-order chi connectivity index (χ0) is 23.8. The molecular formula is C32H40FN. The summed E-state index contributed by atoms with van der Waals surface area (Å²) < 4.78 is 14.9. The van der Waals surface area contributed by atoms with Crippen LogP contribution in [0.2, 0.25) is 0 Å². The summed E-state index contributed by atoms with van der Waals surface area (Å²) in [5.74, 6) is 1.71. The zero-order valence-electron chi connectivity index (χ0n) is 21.0. The van der Waals surface area contributed by atoms with E-state index in [1.54, 1.807) is 6.07 Å². The van der Waals surface area contributed by atoms with Crippen molar-refractivity contribution in [1.29, 1.82) is 0 Å². The van der Waals surface area contributed by atoms with Gasteiger partial charge in [0.15, 0.2) is 0 Å². The van der Waals surface area contributed by atoms with Crippen molar-refractivity contribution in [3.8, 4) is 22.3 Å². The lowest BCUT2D eigenvalue weighted by Gasteiger charge is -2.28. The molecule has 0 unspecified atom stereocenters. The summed E-state index contributed by atoms with van der Waals surface area (Å²) in [6.45, 7) is 2.29. The van der Waals surface area contributed by atoms with E-state index in [1.165, 1.54) is 63.4 Å². The first-order chi connectivity index (χ1) is 16.7. The number of anilines is 1. The molecule has 0 heterocycles. The Labute approximate surface area is 205 Å². The van der Waals surface area contributed by atoms with Gasteiger partial charge in [0, 0.05) is 18.3 Å². The van der Waals surface area contributed by atoms with Crippen molar-refractivity contribution >= 4 is 5.69 Å². The highest BCUT2D eigenvalue weighted by molar-refractivity contribution is 5.72. The molecule has 1 saturated carbocycles. The predicted octanol–water partition coefficient (Wildman–Crippen LogP) is 9.52. The van der Waals surface area contributed by atoms with Gasteiger partial charge in [-0.15, -0.1) is 0 Å². The van der Waals surface area contributed by atoms with Crippen molar-refractivity contribution in [3.63, 3.8) is 0 Å². The summed E-state index contributed by atoms with van der Waals surface area (Å²) in [6.07, 6.45) is 13.8. The van der Waals surface area contributed by atoms with E-state index in [2.05, 4.69) is 36.5 Å². The van der Waals surface area contributed by atoms with Gasteiger partial charge in [-0.05, 0) is 65.1 Å². The number of benzene rings is 3. The standard InChI is InChI=1S/C32H40FN/c1-3-4-5-6-24-7-9-25(10-8-24)11-12-26-13-15-27(16-14-26)29-19-22-31(32(33)23-29)28-17-20-30(34-2)21-18-28/h13-25,34H,3-12H2,1-2H3. The molecule has 180 valence electrons. The van der Waals surface area contributed by atoms with Crippen LogP contribution in [0.15, 0.2) is 66.7 Å². The van der Waals surface area contributed by atoms with Crippen LogP contribution >= 0.6 is 0 Å². The van der Waals surface area contributed by atoms with E-state index in [-0.39, 0.29) is 5.82 Å². The molecule has 34 heavy (non-hydrogen) atoms. The Kier molecular flexibility index (Phi) is 8.79. The summed E-state index contributed by atoms with van der Waals surface area (Å²) in [6, 6.07) is 22.2. The van der Waals surface area contributed by atoms with Gasteiger partial charge < -0.3 is 5.32 Å². The van der Waals surface area contributed by atoms with Gasteiger partial charge in [0.25, 0.3) is 0 Å². The molecule has 0 atom stereocenters. The fourth-order valence-electron chi connectivity index (χ4n) is 5.47. The SMILES string of the molecule is CCCCCC1CCC(CCc2ccc(-c3ccc(-c4ccc(NC)cc4)c(F)c3)cc2)CC1. The maximum absolute atomic E-state index is 14.9. The second-order valence-electron chi connectivity index (χ2n) is 10.1. The second-order valence-corrected chi connectivity index (χ2v) is 10.1. The van der Waals surface area contributed by atoms with E-state index >= 15 is 0 Å². The summed E-state index contributed by atoms with van der Waals surface area (Å²) >= 11 is 0. The number of hydrogen-bond donors (Lipinski definition) is 1. The van der Waals surface area contributed by atoms with Crippen molar-refractivity contribution in [3.05, 3.63) is 78.1 Å². The zero-order valence-corrected chi connectivity index (χ0v) is 21.0. The smallest absolute Gasteiger partial charge is 0.131 e. The summed E-state index contributed by atoms with van der Waals surface area (Å²) in [5.41, 5.74) is 5.97. The molecule has 3 aromatic carbocycles. The Morgan fingerprint density at radius 2 is 1.35 bits per heavy atom. The number of aryl methyl sites for hydroxylation is 1. The second kappa shape index (κ2) is 12.2. The molecule has 0 saturated heterocycles. The van der Waals surface area contributed by atoms with Gasteiger partial charge in [-0.3, -0.25) is 0 Å². The molecule has 1 N–H and O–H groups in total. The molecule has 2 heteroatoms. The van der Waals surface area contributed by atoms with Crippen LogP contribution in [0.1, 0.15) is 70.3 Å². The van der Waals surface area contributed by atoms with Crippen molar-refractivity contribution in [2.45, 2.75) is 71.1 Å². The summed E-state index contributed by atoms with van der Waals surface area (Å²) in [4.78, 5) is 0. The maximum atomic E-state index is 14.9. The average molecular weight is 458 g/mol. The molecule has 4 rings (SSSR count). The van der Waals surface area contributed by atoms with Crippen LogP contribution in [-0.4, -0.2) is 7.05 Å². The van der Waals surface area contributed by atoms with Gasteiger partial charge in [0.05, 0.1) is 0 Å². The normalized spacial score (nSPS) is 18.1. The fourth-order valence-corrected chi connectivity index (χ4v) is 5.47. The summed E-state index contributed by atoms with van der Waals surface area (Å²) in [5, 5.41) is 3.10. The Morgan fingerprint density at radius 3 is 1.97 bits per heavy atom. The van der Waals surface area contributed by atoms with Crippen LogP contribution in [0.5, 0.6) is 0 Å². The minimum atomic E-state index is -0.177. The summed E-state index contributed by atoms with van der Waals surface area (Å²) in [7, 11) is 1.89. The van der Waals surface area contributed by atoms with Crippen LogP contribution in [0, 0.1) is 17.7 Å². The molecule has 0 radical (unpaired) electrons. The maximum Gasteiger partial charge on any atom is 0.131 e. The molecule has 0 aliphatic heterocycles. The molecule has 0 amide bonds. The lowest BCUT2D eigenvalue weighted by Crippen LogP contribution is -2.15. The molecule has 1 fully saturated rings. The Balaban J connectivity index is 1.30. The van der Waals surface area contributed by atoms with Crippen molar-refractivity contribution in [2.75, 3.05) is 12.4 Å². The molecule has 1 aliphatic carbocycles. The van der Waals surface area contributed by atoms with Gasteiger partial charge in [-0.1, -0.05) is 107 Å². The van der Waals surface area contributed by atoms with Crippen molar-refractivity contribution < 1.29 is 4.39 Å². The number of nitrogens with one attached hydrogen (secondary N) is 1. The van der Waals surface area contributed by atoms with Gasteiger partial charge in [-0.2, -0.15) is 0 Å². The van der Waals surface area contributed by atoms with Crippen LogP contribution in [0.25, 0.3) is 22.3 Å². The lowest BCUT2D eigenvalue weighted by atomic mass is 9.78. The molecule has 0 spiro atoms. The van der Waals surface area contributed by atoms with Crippen LogP contribution < -0.4 is 5.32 Å². The van der Waals surface area contributed by atoms with E-state index in [1.807, 2.05) is 43.4 Å². The third kappa shape index (κ3) is 6.50. The average Bonchev–Trinajstić information content (AvgIpc) is 2.89. The monoisotopic (exact) mass is 457 g/mol. The number of rotatable bonds is 10. The minimum absolute atomic E-state index is 0.177. The van der Waals surface area contributed by atoms with E-state index in [9.17, 15) is 4.39 Å². The van der Waals surface area contributed by atoms with E-state index < -0.39 is 0 Å². The van der Waals surface area contributed by atoms with E-state index in [0.29, 0.717) is 5.56 Å². The Bertz CT molecular complexity index is 1010. The first-order valence-electron chi connectivity index (χ1n) is 13.3. The van der Waals surface area contributed by atoms with Crippen molar-refractivity contribution in [2.24, 2.45) is 11.8 Å². The lowest BCUT2D eigenvalue weighted by molar-refractivity contribution is 0.249. The van der Waals surface area contributed by atoms with E-state index in [4.69, 9.17) is 0 Å².